The third-order valence-corrected chi connectivity index (χ3v) is 3.65. The molecule has 1 aromatic rings. The second kappa shape index (κ2) is 6.75. The van der Waals surface area contributed by atoms with Gasteiger partial charge in [-0.15, -0.1) is 10.2 Å². The van der Waals surface area contributed by atoms with Gasteiger partial charge in [0.1, 0.15) is 0 Å². The van der Waals surface area contributed by atoms with Crippen molar-refractivity contribution in [1.82, 2.24) is 15.5 Å². The zero-order chi connectivity index (χ0) is 13.7. The number of carbonyl (C=O) groups is 1. The third-order valence-electron chi connectivity index (χ3n) is 2.72. The molecule has 1 amide bonds. The molecule has 1 rings (SSSR count). The van der Waals surface area contributed by atoms with Crippen molar-refractivity contribution in [2.75, 3.05) is 21.1 Å². The number of nitrogens with zero attached hydrogens (tertiary/aromatic N) is 2. The van der Waals surface area contributed by atoms with Gasteiger partial charge in [-0.2, -0.15) is 0 Å². The molecule has 0 aromatic carbocycles. The minimum absolute atomic E-state index is 0.0509. The Balaban J connectivity index is 2.71. The van der Waals surface area contributed by atoms with E-state index in [-0.39, 0.29) is 17.2 Å². The normalized spacial score (nSPS) is 14.6. The molecule has 0 saturated carbocycles. The van der Waals surface area contributed by atoms with E-state index in [4.69, 9.17) is 4.42 Å². The van der Waals surface area contributed by atoms with E-state index >= 15 is 0 Å². The minimum Gasteiger partial charge on any atom is -0.410 e. The molecule has 7 heteroatoms. The van der Waals surface area contributed by atoms with Crippen LogP contribution in [0.4, 0.5) is 0 Å². The molecule has 18 heavy (non-hydrogen) atoms. The first-order chi connectivity index (χ1) is 8.49. The Kier molecular flexibility index (Phi) is 5.61. The van der Waals surface area contributed by atoms with Crippen LogP contribution in [0.3, 0.4) is 0 Å². The van der Waals surface area contributed by atoms with E-state index in [2.05, 4.69) is 36.5 Å². The van der Waals surface area contributed by atoms with E-state index in [9.17, 15) is 4.79 Å². The summed E-state index contributed by atoms with van der Waals surface area (Å²) in [5.41, 5.74) is 0. The molecule has 0 aliphatic carbocycles. The van der Waals surface area contributed by atoms with Crippen molar-refractivity contribution >= 4 is 17.7 Å². The standard InChI is InChI=1S/C11H20N4O2S/c1-6-8(15(4)5)10-13-14-11(17-10)18-7(2)9(16)12-3/h7-8H,6H2,1-5H3,(H,12,16)/p+1/t7-,8+/m0/s1. The first-order valence-electron chi connectivity index (χ1n) is 6.01. The highest BCUT2D eigenvalue weighted by atomic mass is 32.2. The predicted octanol–water partition coefficient (Wildman–Crippen LogP) is -0.108. The van der Waals surface area contributed by atoms with Gasteiger partial charge in [0.05, 0.1) is 19.3 Å². The molecule has 0 radical (unpaired) electrons. The molecular formula is C11H21N4O2S+. The average molecular weight is 273 g/mol. The molecule has 0 unspecified atom stereocenters. The van der Waals surface area contributed by atoms with Crippen LogP contribution >= 0.6 is 11.8 Å². The number of quaternary nitrogens is 1. The summed E-state index contributed by atoms with van der Waals surface area (Å²) in [5.74, 6) is 0.578. The monoisotopic (exact) mass is 273 g/mol. The fraction of sp³-hybridized carbons (Fsp3) is 0.727. The van der Waals surface area contributed by atoms with Crippen LogP contribution in [0.25, 0.3) is 0 Å². The number of thioether (sulfide) groups is 1. The fourth-order valence-corrected chi connectivity index (χ4v) is 2.40. The van der Waals surface area contributed by atoms with Crippen LogP contribution in [-0.4, -0.2) is 42.5 Å². The van der Waals surface area contributed by atoms with Crippen molar-refractivity contribution in [3.8, 4) is 0 Å². The molecular weight excluding hydrogens is 252 g/mol. The predicted molar refractivity (Wildman–Crippen MR) is 69.5 cm³/mol. The molecule has 0 aliphatic rings. The van der Waals surface area contributed by atoms with Gasteiger partial charge in [0, 0.05) is 13.5 Å². The van der Waals surface area contributed by atoms with Crippen LogP contribution in [0.1, 0.15) is 32.2 Å². The van der Waals surface area contributed by atoms with Crippen molar-refractivity contribution in [1.29, 1.82) is 0 Å². The van der Waals surface area contributed by atoms with Gasteiger partial charge < -0.3 is 14.6 Å². The minimum atomic E-state index is -0.241. The lowest BCUT2D eigenvalue weighted by Gasteiger charge is -2.15. The third kappa shape index (κ3) is 3.71. The number of amides is 1. The van der Waals surface area contributed by atoms with Crippen LogP contribution in [0.5, 0.6) is 0 Å². The second-order valence-electron chi connectivity index (χ2n) is 4.32. The Bertz CT molecular complexity index is 394. The number of rotatable bonds is 6. The molecule has 2 N–H and O–H groups in total. The molecule has 102 valence electrons. The molecule has 0 spiro atoms. The Morgan fingerprint density at radius 3 is 2.67 bits per heavy atom. The van der Waals surface area contributed by atoms with Gasteiger partial charge >= 0.3 is 0 Å². The molecule has 0 bridgehead atoms. The van der Waals surface area contributed by atoms with Gasteiger partial charge in [-0.05, 0) is 6.92 Å². The number of nitrogens with one attached hydrogen (secondary N) is 2. The van der Waals surface area contributed by atoms with E-state index in [0.29, 0.717) is 11.1 Å². The lowest BCUT2D eigenvalue weighted by Crippen LogP contribution is -3.06. The highest BCUT2D eigenvalue weighted by molar-refractivity contribution is 8.00. The molecule has 6 nitrogen and oxygen atoms in total. The van der Waals surface area contributed by atoms with E-state index in [1.54, 1.807) is 7.05 Å². The first-order valence-corrected chi connectivity index (χ1v) is 6.89. The maximum absolute atomic E-state index is 11.4. The smallest absolute Gasteiger partial charge is 0.277 e. The molecule has 2 atom stereocenters. The maximum atomic E-state index is 11.4. The van der Waals surface area contributed by atoms with Crippen LogP contribution in [0.2, 0.25) is 0 Å². The van der Waals surface area contributed by atoms with Crippen molar-refractivity contribution < 1.29 is 14.1 Å². The van der Waals surface area contributed by atoms with Gasteiger partial charge in [-0.3, -0.25) is 4.79 Å². The summed E-state index contributed by atoms with van der Waals surface area (Å²) >= 11 is 1.28. The molecule has 0 fully saturated rings. The van der Waals surface area contributed by atoms with Crippen LogP contribution in [0.15, 0.2) is 9.64 Å². The highest BCUT2D eigenvalue weighted by Crippen LogP contribution is 2.23. The maximum Gasteiger partial charge on any atom is 0.277 e. The van der Waals surface area contributed by atoms with Gasteiger partial charge in [-0.1, -0.05) is 18.7 Å². The SMILES string of the molecule is CC[C@H](c1nnc(S[C@@H](C)C(=O)NC)o1)[NH+](C)C. The van der Waals surface area contributed by atoms with Crippen molar-refractivity contribution in [3.63, 3.8) is 0 Å². The Hall–Kier alpha value is -1.08. The van der Waals surface area contributed by atoms with E-state index in [0.717, 1.165) is 6.42 Å². The number of hydrogen-bond donors (Lipinski definition) is 2. The molecule has 1 heterocycles. The Labute approximate surface area is 112 Å². The first kappa shape index (κ1) is 15.0. The number of aromatic nitrogens is 2. The zero-order valence-corrected chi connectivity index (χ0v) is 12.3. The molecule has 0 saturated heterocycles. The largest absolute Gasteiger partial charge is 0.410 e. The quantitative estimate of drug-likeness (QED) is 0.708. The summed E-state index contributed by atoms with van der Waals surface area (Å²) in [5, 5.41) is 10.8. The van der Waals surface area contributed by atoms with Gasteiger partial charge in [-0.25, -0.2) is 0 Å². The summed E-state index contributed by atoms with van der Waals surface area (Å²) in [6.45, 7) is 3.89. The van der Waals surface area contributed by atoms with E-state index in [1.165, 1.54) is 16.7 Å². The van der Waals surface area contributed by atoms with Gasteiger partial charge in [0.25, 0.3) is 11.1 Å². The molecule has 1 aromatic heterocycles. The second-order valence-corrected chi connectivity index (χ2v) is 5.61. The van der Waals surface area contributed by atoms with E-state index < -0.39 is 0 Å². The topological polar surface area (TPSA) is 72.5 Å². The summed E-state index contributed by atoms with van der Waals surface area (Å²) in [6, 6.07) is 0.196. The average Bonchev–Trinajstić information content (AvgIpc) is 2.76. The Morgan fingerprint density at radius 2 is 2.17 bits per heavy atom. The summed E-state index contributed by atoms with van der Waals surface area (Å²) in [7, 11) is 5.72. The lowest BCUT2D eigenvalue weighted by atomic mass is 10.2. The van der Waals surface area contributed by atoms with E-state index in [1.807, 2.05) is 6.92 Å². The molecule has 0 aliphatic heterocycles. The summed E-state index contributed by atoms with van der Waals surface area (Å²) < 4.78 is 5.60. The highest BCUT2D eigenvalue weighted by Gasteiger charge is 2.24. The fourth-order valence-electron chi connectivity index (χ4n) is 1.65. The van der Waals surface area contributed by atoms with Crippen molar-refractivity contribution in [2.45, 2.75) is 36.8 Å². The van der Waals surface area contributed by atoms with Crippen molar-refractivity contribution in [2.24, 2.45) is 0 Å². The van der Waals surface area contributed by atoms with Crippen LogP contribution in [0, 0.1) is 0 Å². The van der Waals surface area contributed by atoms with Crippen LogP contribution < -0.4 is 10.2 Å². The lowest BCUT2D eigenvalue weighted by molar-refractivity contribution is -0.894. The number of carbonyl (C=O) groups excluding carboxylic acids is 1. The zero-order valence-electron chi connectivity index (χ0n) is 11.5. The number of hydrogen-bond acceptors (Lipinski definition) is 5. The summed E-state index contributed by atoms with van der Waals surface area (Å²) in [6.07, 6.45) is 0.930. The summed E-state index contributed by atoms with van der Waals surface area (Å²) in [4.78, 5) is 12.6. The van der Waals surface area contributed by atoms with Gasteiger partial charge in [0.15, 0.2) is 6.04 Å². The Morgan fingerprint density at radius 1 is 1.50 bits per heavy atom. The van der Waals surface area contributed by atoms with Gasteiger partial charge in [0.2, 0.25) is 5.91 Å². The van der Waals surface area contributed by atoms with Crippen LogP contribution in [-0.2, 0) is 4.79 Å². The van der Waals surface area contributed by atoms with Crippen molar-refractivity contribution in [3.05, 3.63) is 5.89 Å².